The number of benzene rings is 1. The maximum absolute atomic E-state index is 10.5. The fraction of sp³-hybridized carbons (Fsp3) is 0.478. The molecule has 0 bridgehead atoms. The topological polar surface area (TPSA) is 88.0 Å². The quantitative estimate of drug-likeness (QED) is 0.431. The average Bonchev–Trinajstić information content (AvgIpc) is 2.71. The minimum Gasteiger partial charge on any atom is -0.496 e. The summed E-state index contributed by atoms with van der Waals surface area (Å²) in [6.07, 6.45) is 1.25. The summed E-state index contributed by atoms with van der Waals surface area (Å²) >= 11 is 0. The van der Waals surface area contributed by atoms with Crippen molar-refractivity contribution in [3.05, 3.63) is 52.8 Å². The van der Waals surface area contributed by atoms with Crippen LogP contribution in [0.5, 0.6) is 11.5 Å². The number of aliphatic hydroxyl groups is 1. The highest BCUT2D eigenvalue weighted by atomic mass is 16.5. The molecule has 0 aliphatic heterocycles. The molecule has 1 aromatic carbocycles. The van der Waals surface area contributed by atoms with Gasteiger partial charge in [-0.15, -0.1) is 0 Å². The van der Waals surface area contributed by atoms with Gasteiger partial charge in [-0.25, -0.2) is 4.99 Å². The van der Waals surface area contributed by atoms with Crippen LogP contribution in [0, 0.1) is 13.8 Å². The van der Waals surface area contributed by atoms with Crippen LogP contribution in [0.4, 0.5) is 0 Å². The van der Waals surface area contributed by atoms with E-state index in [-0.39, 0.29) is 6.10 Å². The van der Waals surface area contributed by atoms with Gasteiger partial charge in [0.05, 0.1) is 31.6 Å². The minimum atomic E-state index is -0.665. The van der Waals surface area contributed by atoms with Crippen molar-refractivity contribution in [1.29, 1.82) is 0 Å². The van der Waals surface area contributed by atoms with E-state index < -0.39 is 6.10 Å². The van der Waals surface area contributed by atoms with Crippen LogP contribution >= 0.6 is 0 Å². The number of nitrogens with zero attached hydrogens (tertiary/aromatic N) is 2. The molecule has 30 heavy (non-hydrogen) atoms. The predicted octanol–water partition coefficient (Wildman–Crippen LogP) is 3.28. The largest absolute Gasteiger partial charge is 0.496 e. The maximum atomic E-state index is 10.5. The van der Waals surface area contributed by atoms with E-state index in [1.807, 2.05) is 58.9 Å². The molecule has 1 heterocycles. The summed E-state index contributed by atoms with van der Waals surface area (Å²) in [5.41, 5.74) is 3.66. The summed E-state index contributed by atoms with van der Waals surface area (Å²) in [5.74, 6) is 2.26. The highest BCUT2D eigenvalue weighted by molar-refractivity contribution is 5.79. The molecule has 0 spiro atoms. The molecule has 1 aromatic heterocycles. The number of hydrogen-bond donors (Lipinski definition) is 3. The molecule has 2 rings (SSSR count). The predicted molar refractivity (Wildman–Crippen MR) is 120 cm³/mol. The lowest BCUT2D eigenvalue weighted by atomic mass is 10.1. The zero-order valence-electron chi connectivity index (χ0n) is 18.8. The van der Waals surface area contributed by atoms with Crippen LogP contribution in [-0.4, -0.2) is 42.4 Å². The fourth-order valence-electron chi connectivity index (χ4n) is 3.08. The number of aryl methyl sites for hydroxylation is 1. The maximum Gasteiger partial charge on any atom is 0.191 e. The Kier molecular flexibility index (Phi) is 8.92. The van der Waals surface area contributed by atoms with Crippen molar-refractivity contribution >= 4 is 5.96 Å². The number of methoxy groups -OCH3 is 1. The molecule has 0 aliphatic carbocycles. The van der Waals surface area contributed by atoms with Gasteiger partial charge >= 0.3 is 0 Å². The number of ether oxygens (including phenoxy) is 2. The van der Waals surface area contributed by atoms with Gasteiger partial charge in [-0.1, -0.05) is 12.1 Å². The van der Waals surface area contributed by atoms with Crippen LogP contribution in [0.3, 0.4) is 0 Å². The Hall–Kier alpha value is -2.80. The lowest BCUT2D eigenvalue weighted by molar-refractivity contribution is 0.180. The fourth-order valence-corrected chi connectivity index (χ4v) is 3.08. The molecule has 1 atom stereocenters. The van der Waals surface area contributed by atoms with Gasteiger partial charge in [0.1, 0.15) is 11.5 Å². The Morgan fingerprint density at radius 2 is 1.87 bits per heavy atom. The van der Waals surface area contributed by atoms with E-state index in [2.05, 4.69) is 20.6 Å². The number of nitrogens with one attached hydrogen (secondary N) is 2. The minimum absolute atomic E-state index is 0.118. The lowest BCUT2D eigenvalue weighted by Gasteiger charge is -2.17. The van der Waals surface area contributed by atoms with Gasteiger partial charge < -0.3 is 25.2 Å². The lowest BCUT2D eigenvalue weighted by Crippen LogP contribution is -2.39. The third kappa shape index (κ3) is 6.62. The molecule has 7 nitrogen and oxygen atoms in total. The monoisotopic (exact) mass is 414 g/mol. The molecule has 0 saturated carbocycles. The molecule has 0 aliphatic rings. The number of aromatic nitrogens is 1. The van der Waals surface area contributed by atoms with Crippen LogP contribution in [-0.2, 0) is 6.54 Å². The summed E-state index contributed by atoms with van der Waals surface area (Å²) in [6.45, 7) is 11.4. The van der Waals surface area contributed by atoms with Crippen molar-refractivity contribution in [2.75, 3.05) is 20.2 Å². The smallest absolute Gasteiger partial charge is 0.191 e. The average molecular weight is 415 g/mol. The van der Waals surface area contributed by atoms with Gasteiger partial charge in [0, 0.05) is 30.4 Å². The molecule has 0 amide bonds. The first-order valence-corrected chi connectivity index (χ1v) is 10.3. The molecule has 7 heteroatoms. The molecule has 2 aromatic rings. The van der Waals surface area contributed by atoms with E-state index in [9.17, 15) is 5.11 Å². The van der Waals surface area contributed by atoms with Crippen molar-refractivity contribution in [2.45, 2.75) is 53.4 Å². The van der Waals surface area contributed by atoms with Crippen LogP contribution in [0.15, 0.2) is 35.5 Å². The van der Waals surface area contributed by atoms with Gasteiger partial charge in [-0.05, 0) is 52.3 Å². The first-order valence-electron chi connectivity index (χ1n) is 10.3. The molecule has 0 saturated heterocycles. The Labute approximate surface area is 179 Å². The van der Waals surface area contributed by atoms with E-state index in [1.54, 1.807) is 13.3 Å². The molecule has 0 fully saturated rings. The van der Waals surface area contributed by atoms with Gasteiger partial charge in [0.2, 0.25) is 0 Å². The van der Waals surface area contributed by atoms with Crippen LogP contribution in [0.2, 0.25) is 0 Å². The molecule has 1 unspecified atom stereocenters. The number of rotatable bonds is 9. The van der Waals surface area contributed by atoms with Crippen molar-refractivity contribution in [2.24, 2.45) is 4.99 Å². The SMILES string of the molecule is CCNC(=NCc1ncc(C)c(OC)c1C)NCC(O)c1ccc(OC(C)C)cc1. The number of pyridine rings is 1. The summed E-state index contributed by atoms with van der Waals surface area (Å²) in [5, 5.41) is 16.9. The molecular formula is C23H34N4O3. The van der Waals surface area contributed by atoms with Gasteiger partial charge in [-0.3, -0.25) is 4.98 Å². The van der Waals surface area contributed by atoms with E-state index in [0.29, 0.717) is 25.6 Å². The molecule has 164 valence electrons. The second kappa shape index (κ2) is 11.4. The number of guanidine groups is 1. The Morgan fingerprint density at radius 3 is 2.47 bits per heavy atom. The van der Waals surface area contributed by atoms with E-state index in [1.165, 1.54) is 0 Å². The standard InChI is InChI=1S/C23H34N4O3/c1-7-24-23(26-13-20-17(5)22(29-6)16(4)12-25-20)27-14-21(28)18-8-10-19(11-9-18)30-15(2)3/h8-12,15,21,28H,7,13-14H2,1-6H3,(H2,24,26,27). The summed E-state index contributed by atoms with van der Waals surface area (Å²) in [6, 6.07) is 7.49. The first kappa shape index (κ1) is 23.5. The number of aliphatic hydroxyl groups excluding tert-OH is 1. The van der Waals surface area contributed by atoms with Gasteiger partial charge in [0.25, 0.3) is 0 Å². The van der Waals surface area contributed by atoms with Crippen molar-refractivity contribution in [3.8, 4) is 11.5 Å². The first-order chi connectivity index (χ1) is 14.3. The Bertz CT molecular complexity index is 835. The second-order valence-corrected chi connectivity index (χ2v) is 7.37. The highest BCUT2D eigenvalue weighted by Crippen LogP contribution is 2.24. The third-order valence-corrected chi connectivity index (χ3v) is 4.58. The van der Waals surface area contributed by atoms with Crippen LogP contribution in [0.25, 0.3) is 0 Å². The van der Waals surface area contributed by atoms with Gasteiger partial charge in [0.15, 0.2) is 5.96 Å². The summed E-state index contributed by atoms with van der Waals surface area (Å²) < 4.78 is 11.1. The van der Waals surface area contributed by atoms with Gasteiger partial charge in [-0.2, -0.15) is 0 Å². The van der Waals surface area contributed by atoms with Crippen molar-refractivity contribution in [1.82, 2.24) is 15.6 Å². The molecular weight excluding hydrogens is 380 g/mol. The summed E-state index contributed by atoms with van der Waals surface area (Å²) in [4.78, 5) is 9.09. The van der Waals surface area contributed by atoms with Crippen LogP contribution in [0.1, 0.15) is 49.3 Å². The Morgan fingerprint density at radius 1 is 1.17 bits per heavy atom. The molecule has 3 N–H and O–H groups in total. The van der Waals surface area contributed by atoms with E-state index in [0.717, 1.165) is 33.9 Å². The van der Waals surface area contributed by atoms with Crippen LogP contribution < -0.4 is 20.1 Å². The second-order valence-electron chi connectivity index (χ2n) is 7.37. The van der Waals surface area contributed by atoms with Crippen molar-refractivity contribution < 1.29 is 14.6 Å². The third-order valence-electron chi connectivity index (χ3n) is 4.58. The Balaban J connectivity index is 2.01. The zero-order chi connectivity index (χ0) is 22.1. The van der Waals surface area contributed by atoms with E-state index >= 15 is 0 Å². The molecule has 0 radical (unpaired) electrons. The highest BCUT2D eigenvalue weighted by Gasteiger charge is 2.11. The van der Waals surface area contributed by atoms with Crippen molar-refractivity contribution in [3.63, 3.8) is 0 Å². The normalized spacial score (nSPS) is 12.6. The number of aliphatic imine (C=N–C) groups is 1. The zero-order valence-corrected chi connectivity index (χ0v) is 18.8. The summed E-state index contributed by atoms with van der Waals surface area (Å²) in [7, 11) is 1.66. The van der Waals surface area contributed by atoms with E-state index in [4.69, 9.17) is 9.47 Å². The number of hydrogen-bond acceptors (Lipinski definition) is 5.